The van der Waals surface area contributed by atoms with E-state index in [0.717, 1.165) is 12.1 Å². The first-order valence-electron chi connectivity index (χ1n) is 6.29. The molecule has 0 aliphatic carbocycles. The molecule has 2 unspecified atom stereocenters. The molecule has 21 heavy (non-hydrogen) atoms. The van der Waals surface area contributed by atoms with Crippen LogP contribution in [-0.4, -0.2) is 40.1 Å². The molecule has 1 heterocycles. The maximum atomic E-state index is 12.7. The topological polar surface area (TPSA) is 49.4 Å². The number of nitrogens with zero attached hydrogens (tertiary/aromatic N) is 1. The van der Waals surface area contributed by atoms with Gasteiger partial charge < -0.3 is 4.90 Å². The molecule has 1 aliphatic rings. The Labute approximate surface area is 122 Å². The lowest BCUT2D eigenvalue weighted by atomic mass is 10.1. The summed E-state index contributed by atoms with van der Waals surface area (Å²) in [5.41, 5.74) is -0.377. The zero-order valence-electron chi connectivity index (χ0n) is 11.3. The van der Waals surface area contributed by atoms with Gasteiger partial charge in [-0.05, 0) is 17.7 Å². The highest BCUT2D eigenvalue weighted by atomic mass is 32.2. The average Bonchev–Trinajstić information content (AvgIpc) is 2.77. The van der Waals surface area contributed by atoms with Gasteiger partial charge in [-0.2, -0.15) is 13.2 Å². The van der Waals surface area contributed by atoms with Crippen LogP contribution in [0.2, 0.25) is 0 Å². The summed E-state index contributed by atoms with van der Waals surface area (Å²) in [4.78, 5) is 13.2. The Bertz CT molecular complexity index is 563. The van der Waals surface area contributed by atoms with Gasteiger partial charge in [0, 0.05) is 29.4 Å². The normalized spacial score (nSPS) is 20.9. The Balaban J connectivity index is 2.23. The number of amides is 1. The molecular weight excluding hydrogens is 305 g/mol. The van der Waals surface area contributed by atoms with Gasteiger partial charge in [0.25, 0.3) is 0 Å². The van der Waals surface area contributed by atoms with Crippen molar-refractivity contribution in [3.8, 4) is 0 Å². The quantitative estimate of drug-likeness (QED) is 0.915. The van der Waals surface area contributed by atoms with Gasteiger partial charge in [-0.15, -0.1) is 0 Å². The fraction of sp³-hybridized carbons (Fsp3) is 0.462. The van der Waals surface area contributed by atoms with Gasteiger partial charge in [0.1, 0.15) is 6.17 Å². The first-order chi connectivity index (χ1) is 9.79. The maximum Gasteiger partial charge on any atom is 0.416 e. The molecule has 2 atom stereocenters. The van der Waals surface area contributed by atoms with Crippen molar-refractivity contribution in [1.29, 1.82) is 0 Å². The van der Waals surface area contributed by atoms with E-state index < -0.39 is 28.7 Å². The zero-order chi connectivity index (χ0) is 15.6. The highest BCUT2D eigenvalue weighted by Gasteiger charge is 2.34. The summed E-state index contributed by atoms with van der Waals surface area (Å²) in [6.45, 7) is 0.313. The Morgan fingerprint density at radius 1 is 1.43 bits per heavy atom. The molecule has 0 bridgehead atoms. The standard InChI is InChI=1S/C13H15F3N2O2S/c1-21(20)6-5-18-11(19)8-17-12(18)9-3-2-4-10(7-9)13(14,15)16/h2-4,7,12,17H,5-6,8H2,1H3. The molecule has 8 heteroatoms. The monoisotopic (exact) mass is 320 g/mol. The fourth-order valence-corrected chi connectivity index (χ4v) is 2.66. The van der Waals surface area contributed by atoms with E-state index in [-0.39, 0.29) is 19.0 Å². The van der Waals surface area contributed by atoms with E-state index in [4.69, 9.17) is 0 Å². The van der Waals surface area contributed by atoms with Crippen molar-refractivity contribution in [3.05, 3.63) is 35.4 Å². The van der Waals surface area contributed by atoms with Gasteiger partial charge in [-0.1, -0.05) is 12.1 Å². The summed E-state index contributed by atoms with van der Waals surface area (Å²) >= 11 is 0. The van der Waals surface area contributed by atoms with Crippen LogP contribution in [0.25, 0.3) is 0 Å². The van der Waals surface area contributed by atoms with Crippen molar-refractivity contribution in [2.45, 2.75) is 12.3 Å². The van der Waals surface area contributed by atoms with Crippen molar-refractivity contribution in [2.24, 2.45) is 0 Å². The van der Waals surface area contributed by atoms with Crippen molar-refractivity contribution < 1.29 is 22.2 Å². The summed E-state index contributed by atoms with van der Waals surface area (Å²) in [6, 6.07) is 4.89. The van der Waals surface area contributed by atoms with Crippen LogP contribution >= 0.6 is 0 Å². The van der Waals surface area contributed by atoms with Crippen LogP contribution in [0.1, 0.15) is 17.3 Å². The number of rotatable bonds is 4. The van der Waals surface area contributed by atoms with Crippen LogP contribution in [0.4, 0.5) is 13.2 Å². The van der Waals surface area contributed by atoms with E-state index in [0.29, 0.717) is 11.3 Å². The molecule has 1 amide bonds. The molecule has 1 aliphatic heterocycles. The summed E-state index contributed by atoms with van der Waals surface area (Å²) in [6.07, 6.45) is -3.51. The molecule has 2 rings (SSSR count). The summed E-state index contributed by atoms with van der Waals surface area (Å²) in [5, 5.41) is 2.89. The fourth-order valence-electron chi connectivity index (χ4n) is 2.20. The third-order valence-corrected chi connectivity index (χ3v) is 3.99. The van der Waals surface area contributed by atoms with Gasteiger partial charge in [0.05, 0.1) is 12.1 Å². The molecular formula is C13H15F3N2O2S. The summed E-state index contributed by atoms with van der Waals surface area (Å²) < 4.78 is 49.4. The second-order valence-corrected chi connectivity index (χ2v) is 6.33. The lowest BCUT2D eigenvalue weighted by molar-refractivity contribution is -0.137. The Kier molecular flexibility index (Phi) is 4.67. The average molecular weight is 320 g/mol. The van der Waals surface area contributed by atoms with Crippen LogP contribution in [0.15, 0.2) is 24.3 Å². The molecule has 1 aromatic carbocycles. The number of halogens is 3. The highest BCUT2D eigenvalue weighted by Crippen LogP contribution is 2.32. The molecule has 0 radical (unpaired) electrons. The molecule has 4 nitrogen and oxygen atoms in total. The summed E-state index contributed by atoms with van der Waals surface area (Å²) in [7, 11) is -1.07. The number of carbonyl (C=O) groups is 1. The minimum absolute atomic E-state index is 0.0667. The number of hydrogen-bond donors (Lipinski definition) is 1. The Morgan fingerprint density at radius 3 is 2.76 bits per heavy atom. The lowest BCUT2D eigenvalue weighted by Crippen LogP contribution is -2.33. The van der Waals surface area contributed by atoms with Crippen LogP contribution < -0.4 is 5.32 Å². The van der Waals surface area contributed by atoms with E-state index in [1.54, 1.807) is 6.07 Å². The lowest BCUT2D eigenvalue weighted by Gasteiger charge is -2.25. The van der Waals surface area contributed by atoms with Gasteiger partial charge >= 0.3 is 6.18 Å². The Morgan fingerprint density at radius 2 is 2.14 bits per heavy atom. The molecule has 1 saturated heterocycles. The van der Waals surface area contributed by atoms with E-state index in [1.165, 1.54) is 17.2 Å². The van der Waals surface area contributed by atoms with Crippen molar-refractivity contribution in [1.82, 2.24) is 10.2 Å². The molecule has 0 aromatic heterocycles. The van der Waals surface area contributed by atoms with Crippen molar-refractivity contribution in [2.75, 3.05) is 25.1 Å². The molecule has 0 spiro atoms. The number of benzene rings is 1. The van der Waals surface area contributed by atoms with Crippen LogP contribution in [0, 0.1) is 0 Å². The molecule has 1 N–H and O–H groups in total. The van der Waals surface area contributed by atoms with Crippen LogP contribution in [0.3, 0.4) is 0 Å². The van der Waals surface area contributed by atoms with Gasteiger partial charge in [0.2, 0.25) is 5.91 Å². The van der Waals surface area contributed by atoms with Gasteiger partial charge in [0.15, 0.2) is 0 Å². The molecule has 1 fully saturated rings. The van der Waals surface area contributed by atoms with Crippen molar-refractivity contribution in [3.63, 3.8) is 0 Å². The predicted molar refractivity (Wildman–Crippen MR) is 72.8 cm³/mol. The predicted octanol–water partition coefficient (Wildman–Crippen LogP) is 1.51. The first kappa shape index (κ1) is 16.0. The van der Waals surface area contributed by atoms with Gasteiger partial charge in [-0.3, -0.25) is 14.3 Å². The third kappa shape index (κ3) is 3.82. The number of hydrogen-bond acceptors (Lipinski definition) is 3. The Hall–Kier alpha value is -1.41. The zero-order valence-corrected chi connectivity index (χ0v) is 12.1. The van der Waals surface area contributed by atoms with E-state index >= 15 is 0 Å². The smallest absolute Gasteiger partial charge is 0.321 e. The molecule has 0 saturated carbocycles. The van der Waals surface area contributed by atoms with Crippen LogP contribution in [0.5, 0.6) is 0 Å². The molecule has 1 aromatic rings. The van der Waals surface area contributed by atoms with Gasteiger partial charge in [-0.25, -0.2) is 0 Å². The number of carbonyl (C=O) groups excluding carboxylic acids is 1. The minimum Gasteiger partial charge on any atom is -0.321 e. The van der Waals surface area contributed by atoms with Crippen molar-refractivity contribution >= 4 is 16.7 Å². The maximum absolute atomic E-state index is 12.7. The van der Waals surface area contributed by atoms with E-state index in [9.17, 15) is 22.2 Å². The van der Waals surface area contributed by atoms with E-state index in [1.807, 2.05) is 0 Å². The number of alkyl halides is 3. The highest BCUT2D eigenvalue weighted by molar-refractivity contribution is 7.84. The number of nitrogens with one attached hydrogen (secondary N) is 1. The summed E-state index contributed by atoms with van der Waals surface area (Å²) in [5.74, 6) is 0.0888. The third-order valence-electron chi connectivity index (χ3n) is 3.23. The SMILES string of the molecule is CS(=O)CCN1C(=O)CNC1c1cccc(C(F)(F)F)c1. The van der Waals surface area contributed by atoms with Crippen LogP contribution in [-0.2, 0) is 21.8 Å². The second-order valence-electron chi connectivity index (χ2n) is 4.77. The largest absolute Gasteiger partial charge is 0.416 e. The first-order valence-corrected chi connectivity index (χ1v) is 8.02. The van der Waals surface area contributed by atoms with E-state index in [2.05, 4.69) is 5.32 Å². The second kappa shape index (κ2) is 6.15. The minimum atomic E-state index is -4.42. The molecule has 116 valence electrons.